The maximum absolute atomic E-state index is 12.0. The standard InChI is InChI=1S/C20H30O3/c1-14(2)16-7-8-17-13-18(23-19(17)21)12-15(3)6-5-10-20(4,22)11-9-16/h6,9,11,13-14,16,18,22H,5,7-8,10,12H2,1-4H3/t16-,18-,20-/m0/s1. The van der Waals surface area contributed by atoms with Gasteiger partial charge >= 0.3 is 5.97 Å². The minimum Gasteiger partial charge on any atom is -0.454 e. The highest BCUT2D eigenvalue weighted by molar-refractivity contribution is 5.90. The molecule has 1 heterocycles. The number of fused-ring (bicyclic) bond motifs is 1. The minimum absolute atomic E-state index is 0.120. The lowest BCUT2D eigenvalue weighted by Crippen LogP contribution is -2.21. The van der Waals surface area contributed by atoms with E-state index in [0.717, 1.165) is 31.3 Å². The smallest absolute Gasteiger partial charge is 0.334 e. The van der Waals surface area contributed by atoms with Crippen LogP contribution < -0.4 is 0 Å². The third kappa shape index (κ3) is 5.35. The van der Waals surface area contributed by atoms with Crippen molar-refractivity contribution in [3.8, 4) is 0 Å². The second-order valence-corrected chi connectivity index (χ2v) is 7.59. The molecule has 0 radical (unpaired) electrons. The Kier molecular flexibility index (Phi) is 5.85. The predicted molar refractivity (Wildman–Crippen MR) is 92.9 cm³/mol. The molecular weight excluding hydrogens is 288 g/mol. The first kappa shape index (κ1) is 18.0. The topological polar surface area (TPSA) is 46.5 Å². The van der Waals surface area contributed by atoms with Crippen LogP contribution in [0.2, 0.25) is 0 Å². The summed E-state index contributed by atoms with van der Waals surface area (Å²) < 4.78 is 5.47. The van der Waals surface area contributed by atoms with Gasteiger partial charge in [0.25, 0.3) is 0 Å². The summed E-state index contributed by atoms with van der Waals surface area (Å²) in [5.41, 5.74) is 1.24. The van der Waals surface area contributed by atoms with Crippen LogP contribution in [0.25, 0.3) is 0 Å². The lowest BCUT2D eigenvalue weighted by molar-refractivity contribution is -0.139. The van der Waals surface area contributed by atoms with Crippen LogP contribution in [0.4, 0.5) is 0 Å². The second kappa shape index (κ2) is 7.48. The largest absolute Gasteiger partial charge is 0.454 e. The van der Waals surface area contributed by atoms with Gasteiger partial charge in [-0.1, -0.05) is 37.6 Å². The van der Waals surface area contributed by atoms with E-state index in [-0.39, 0.29) is 12.1 Å². The number of hydrogen-bond donors (Lipinski definition) is 1. The second-order valence-electron chi connectivity index (χ2n) is 7.59. The molecule has 128 valence electrons. The Morgan fingerprint density at radius 1 is 1.39 bits per heavy atom. The number of rotatable bonds is 1. The Balaban J connectivity index is 2.22. The van der Waals surface area contributed by atoms with Gasteiger partial charge in [-0.05, 0) is 57.4 Å². The molecule has 0 aromatic carbocycles. The van der Waals surface area contributed by atoms with Crippen molar-refractivity contribution >= 4 is 5.97 Å². The van der Waals surface area contributed by atoms with E-state index in [1.807, 2.05) is 19.1 Å². The van der Waals surface area contributed by atoms with E-state index in [1.54, 1.807) is 0 Å². The number of esters is 1. The molecule has 1 aliphatic carbocycles. The fourth-order valence-corrected chi connectivity index (χ4v) is 3.23. The van der Waals surface area contributed by atoms with Crippen molar-refractivity contribution in [3.63, 3.8) is 0 Å². The van der Waals surface area contributed by atoms with Crippen molar-refractivity contribution in [2.45, 2.75) is 71.5 Å². The van der Waals surface area contributed by atoms with E-state index in [9.17, 15) is 9.90 Å². The molecule has 23 heavy (non-hydrogen) atoms. The highest BCUT2D eigenvalue weighted by Crippen LogP contribution is 2.29. The maximum Gasteiger partial charge on any atom is 0.334 e. The fourth-order valence-electron chi connectivity index (χ4n) is 3.23. The van der Waals surface area contributed by atoms with Crippen LogP contribution in [0.15, 0.2) is 35.5 Å². The van der Waals surface area contributed by atoms with Gasteiger partial charge in [-0.25, -0.2) is 4.79 Å². The van der Waals surface area contributed by atoms with Gasteiger partial charge in [-0.15, -0.1) is 0 Å². The maximum atomic E-state index is 12.0. The molecule has 3 heteroatoms. The molecule has 0 fully saturated rings. The van der Waals surface area contributed by atoms with E-state index in [1.165, 1.54) is 5.57 Å². The Hall–Kier alpha value is -1.35. The average molecular weight is 318 g/mol. The van der Waals surface area contributed by atoms with Crippen LogP contribution in [-0.2, 0) is 9.53 Å². The Labute approximate surface area is 140 Å². The lowest BCUT2D eigenvalue weighted by atomic mass is 9.87. The number of ether oxygens (including phenoxy) is 1. The number of allylic oxidation sites excluding steroid dienone is 2. The van der Waals surface area contributed by atoms with Gasteiger partial charge < -0.3 is 9.84 Å². The number of carbonyl (C=O) groups is 1. The van der Waals surface area contributed by atoms with Crippen molar-refractivity contribution in [3.05, 3.63) is 35.5 Å². The van der Waals surface area contributed by atoms with Crippen molar-refractivity contribution in [2.24, 2.45) is 11.8 Å². The quantitative estimate of drug-likeness (QED) is 0.578. The summed E-state index contributed by atoms with van der Waals surface area (Å²) >= 11 is 0. The molecule has 0 saturated heterocycles. The third-order valence-corrected chi connectivity index (χ3v) is 4.88. The SMILES string of the molecule is CC1=CCC[C@](C)(O)C=C[C@@H](C(C)C)CCC2=C[C@H](C1)OC2=O. The zero-order valence-corrected chi connectivity index (χ0v) is 14.8. The van der Waals surface area contributed by atoms with Gasteiger partial charge in [0.05, 0.1) is 5.60 Å². The molecule has 1 aliphatic heterocycles. The Bertz CT molecular complexity index is 523. The summed E-state index contributed by atoms with van der Waals surface area (Å²) in [5.74, 6) is 0.677. The zero-order valence-electron chi connectivity index (χ0n) is 14.8. The Morgan fingerprint density at radius 2 is 2.13 bits per heavy atom. The van der Waals surface area contributed by atoms with Crippen molar-refractivity contribution in [2.75, 3.05) is 0 Å². The zero-order chi connectivity index (χ0) is 17.0. The van der Waals surface area contributed by atoms with E-state index >= 15 is 0 Å². The highest BCUT2D eigenvalue weighted by Gasteiger charge is 2.26. The summed E-state index contributed by atoms with van der Waals surface area (Å²) in [6.45, 7) is 8.30. The van der Waals surface area contributed by atoms with E-state index in [4.69, 9.17) is 4.74 Å². The number of aliphatic hydroxyl groups is 1. The summed E-state index contributed by atoms with van der Waals surface area (Å²) in [4.78, 5) is 12.0. The number of carbonyl (C=O) groups excluding carboxylic acids is 1. The third-order valence-electron chi connectivity index (χ3n) is 4.88. The average Bonchev–Trinajstić information content (AvgIpc) is 2.77. The van der Waals surface area contributed by atoms with Crippen molar-refractivity contribution < 1.29 is 14.6 Å². The molecule has 0 aromatic rings. The molecule has 0 saturated carbocycles. The summed E-state index contributed by atoms with van der Waals surface area (Å²) in [7, 11) is 0. The Morgan fingerprint density at radius 3 is 2.83 bits per heavy atom. The van der Waals surface area contributed by atoms with E-state index in [2.05, 4.69) is 32.9 Å². The van der Waals surface area contributed by atoms with Crippen LogP contribution >= 0.6 is 0 Å². The van der Waals surface area contributed by atoms with Crippen LogP contribution in [0, 0.1) is 11.8 Å². The molecular formula is C20H30O3. The molecule has 3 atom stereocenters. The van der Waals surface area contributed by atoms with Gasteiger partial charge in [-0.2, -0.15) is 0 Å². The first-order valence-electron chi connectivity index (χ1n) is 8.76. The molecule has 1 N–H and O–H groups in total. The van der Waals surface area contributed by atoms with Crippen LogP contribution in [0.1, 0.15) is 59.8 Å². The summed E-state index contributed by atoms with van der Waals surface area (Å²) in [6, 6.07) is 0. The predicted octanol–water partition coefficient (Wildman–Crippen LogP) is 4.33. The van der Waals surface area contributed by atoms with Crippen LogP contribution in [0.5, 0.6) is 0 Å². The molecule has 2 aliphatic rings. The van der Waals surface area contributed by atoms with Crippen molar-refractivity contribution in [1.82, 2.24) is 0 Å². The lowest BCUT2D eigenvalue weighted by Gasteiger charge is -2.22. The minimum atomic E-state index is -0.779. The monoisotopic (exact) mass is 318 g/mol. The van der Waals surface area contributed by atoms with Gasteiger partial charge in [0, 0.05) is 12.0 Å². The van der Waals surface area contributed by atoms with E-state index in [0.29, 0.717) is 18.3 Å². The normalized spacial score (nSPS) is 33.0. The van der Waals surface area contributed by atoms with Crippen LogP contribution in [-0.4, -0.2) is 22.8 Å². The molecule has 0 spiro atoms. The van der Waals surface area contributed by atoms with Crippen LogP contribution in [0.3, 0.4) is 0 Å². The number of hydrogen-bond acceptors (Lipinski definition) is 3. The first-order chi connectivity index (χ1) is 10.8. The highest BCUT2D eigenvalue weighted by atomic mass is 16.5. The summed E-state index contributed by atoms with van der Waals surface area (Å²) in [5, 5.41) is 10.5. The first-order valence-corrected chi connectivity index (χ1v) is 8.76. The van der Waals surface area contributed by atoms with Crippen molar-refractivity contribution in [1.29, 1.82) is 0 Å². The molecule has 3 nitrogen and oxygen atoms in total. The van der Waals surface area contributed by atoms with Gasteiger partial charge in [0.15, 0.2) is 0 Å². The molecule has 2 bridgehead atoms. The fraction of sp³-hybridized carbons (Fsp3) is 0.650. The molecule has 0 amide bonds. The van der Waals surface area contributed by atoms with Gasteiger partial charge in [0.2, 0.25) is 0 Å². The van der Waals surface area contributed by atoms with Gasteiger partial charge in [-0.3, -0.25) is 0 Å². The van der Waals surface area contributed by atoms with E-state index < -0.39 is 5.60 Å². The molecule has 2 rings (SSSR count). The molecule has 0 unspecified atom stereocenters. The van der Waals surface area contributed by atoms with Gasteiger partial charge in [0.1, 0.15) is 6.10 Å². The summed E-state index contributed by atoms with van der Waals surface area (Å²) in [6.07, 6.45) is 12.0. The molecule has 0 aromatic heterocycles.